The number of pyridine rings is 1. The van der Waals surface area contributed by atoms with Crippen molar-refractivity contribution in [1.29, 1.82) is 0 Å². The predicted molar refractivity (Wildman–Crippen MR) is 132 cm³/mol. The van der Waals surface area contributed by atoms with Crippen LogP contribution in [-0.4, -0.2) is 35.3 Å². The van der Waals surface area contributed by atoms with E-state index in [9.17, 15) is 39.9 Å². The molecule has 1 fully saturated rings. The molecular formula is C27H22ClF8N3O2. The van der Waals surface area contributed by atoms with E-state index in [0.717, 1.165) is 18.3 Å². The minimum atomic E-state index is -5.00. The fraction of sp³-hybridized carbons (Fsp3) is 0.333. The van der Waals surface area contributed by atoms with Crippen LogP contribution in [0, 0.1) is 5.82 Å². The monoisotopic (exact) mass is 607 g/mol. The van der Waals surface area contributed by atoms with Crippen molar-refractivity contribution in [2.24, 2.45) is 0 Å². The molecule has 1 unspecified atom stereocenters. The Hall–Kier alpha value is -3.61. The number of urea groups is 1. The summed E-state index contributed by atoms with van der Waals surface area (Å²) < 4.78 is 114. The van der Waals surface area contributed by atoms with Crippen LogP contribution in [0.2, 0.25) is 5.02 Å². The van der Waals surface area contributed by atoms with Crippen molar-refractivity contribution in [3.8, 4) is 5.75 Å². The second-order valence-electron chi connectivity index (χ2n) is 9.58. The third-order valence-electron chi connectivity index (χ3n) is 6.78. The van der Waals surface area contributed by atoms with Crippen LogP contribution >= 0.6 is 11.6 Å². The molecule has 0 bridgehead atoms. The Kier molecular flexibility index (Phi) is 8.40. The van der Waals surface area contributed by atoms with Gasteiger partial charge in [-0.05, 0) is 54.7 Å². The quantitative estimate of drug-likeness (QED) is 0.250. The number of aromatic nitrogens is 1. The molecule has 0 aliphatic heterocycles. The summed E-state index contributed by atoms with van der Waals surface area (Å²) in [6.45, 7) is 0. The molecule has 1 heterocycles. The normalized spacial score (nSPS) is 16.4. The first-order chi connectivity index (χ1) is 19.2. The number of alkyl halides is 7. The number of nitrogens with zero attached hydrogens (tertiary/aromatic N) is 1. The minimum absolute atomic E-state index is 0.0762. The van der Waals surface area contributed by atoms with E-state index in [1.807, 2.05) is 5.32 Å². The fourth-order valence-electron chi connectivity index (χ4n) is 4.57. The number of benzene rings is 2. The van der Waals surface area contributed by atoms with Crippen LogP contribution in [-0.2, 0) is 12.0 Å². The van der Waals surface area contributed by atoms with Gasteiger partial charge in [0.05, 0.1) is 10.7 Å². The number of carbonyl (C=O) groups excluding carboxylic acids is 1. The van der Waals surface area contributed by atoms with Crippen molar-refractivity contribution in [2.75, 3.05) is 0 Å². The number of ether oxygens (including phenoxy) is 1. The van der Waals surface area contributed by atoms with Crippen LogP contribution in [0.15, 0.2) is 66.9 Å². The molecule has 41 heavy (non-hydrogen) atoms. The van der Waals surface area contributed by atoms with Gasteiger partial charge in [-0.25, -0.2) is 9.18 Å². The number of amides is 2. The molecule has 4 rings (SSSR count). The van der Waals surface area contributed by atoms with Crippen LogP contribution in [0.25, 0.3) is 0 Å². The fourth-order valence-corrected chi connectivity index (χ4v) is 4.68. The molecule has 2 N–H and O–H groups in total. The molecule has 3 aromatic rings. The van der Waals surface area contributed by atoms with E-state index < -0.39 is 47.4 Å². The third kappa shape index (κ3) is 6.50. The maximum absolute atomic E-state index is 14.9. The van der Waals surface area contributed by atoms with Gasteiger partial charge in [0.15, 0.2) is 0 Å². The first kappa shape index (κ1) is 30.4. The van der Waals surface area contributed by atoms with Crippen LogP contribution in [0.3, 0.4) is 0 Å². The van der Waals surface area contributed by atoms with Crippen LogP contribution in [0.5, 0.6) is 5.75 Å². The van der Waals surface area contributed by atoms with Gasteiger partial charge in [-0.1, -0.05) is 41.9 Å². The second kappa shape index (κ2) is 11.3. The van der Waals surface area contributed by atoms with Gasteiger partial charge in [-0.15, -0.1) is 0 Å². The number of rotatable bonds is 9. The molecular weight excluding hydrogens is 586 g/mol. The second-order valence-corrected chi connectivity index (χ2v) is 10.0. The number of hydrogen-bond acceptors (Lipinski definition) is 3. The molecule has 1 aliphatic carbocycles. The Labute approximate surface area is 233 Å². The summed E-state index contributed by atoms with van der Waals surface area (Å²) in [6.07, 6.45) is -13.7. The Morgan fingerprint density at radius 2 is 1.71 bits per heavy atom. The molecule has 0 spiro atoms. The number of carbonyl (C=O) groups is 1. The average Bonchev–Trinajstić information content (AvgIpc) is 2.85. The summed E-state index contributed by atoms with van der Waals surface area (Å²) in [5.41, 5.74) is -4.50. The molecule has 0 saturated heterocycles. The van der Waals surface area contributed by atoms with Gasteiger partial charge in [-0.3, -0.25) is 4.98 Å². The Morgan fingerprint density at radius 1 is 1.02 bits per heavy atom. The lowest BCUT2D eigenvalue weighted by Gasteiger charge is -2.44. The smallest absolute Gasteiger partial charge is 0.428 e. The van der Waals surface area contributed by atoms with E-state index in [1.165, 1.54) is 12.1 Å². The Morgan fingerprint density at radius 3 is 2.24 bits per heavy atom. The van der Waals surface area contributed by atoms with Crippen LogP contribution < -0.4 is 15.4 Å². The highest BCUT2D eigenvalue weighted by molar-refractivity contribution is 6.30. The van der Waals surface area contributed by atoms with Crippen molar-refractivity contribution in [3.63, 3.8) is 0 Å². The molecule has 1 aliphatic rings. The highest BCUT2D eigenvalue weighted by Gasteiger charge is 2.59. The van der Waals surface area contributed by atoms with Crippen molar-refractivity contribution < 1.29 is 44.7 Å². The first-order valence-electron chi connectivity index (χ1n) is 12.1. The average molecular weight is 608 g/mol. The lowest BCUT2D eigenvalue weighted by atomic mass is 9.76. The summed E-state index contributed by atoms with van der Waals surface area (Å²) in [7, 11) is 0. The Bertz CT molecular complexity index is 1370. The molecule has 2 amide bonds. The van der Waals surface area contributed by atoms with Crippen molar-refractivity contribution in [3.05, 3.63) is 94.5 Å². The van der Waals surface area contributed by atoms with E-state index in [-0.39, 0.29) is 42.0 Å². The first-order valence-corrected chi connectivity index (χ1v) is 12.5. The summed E-state index contributed by atoms with van der Waals surface area (Å²) >= 11 is 5.97. The summed E-state index contributed by atoms with van der Waals surface area (Å²) in [6, 6.07) is 11.4. The topological polar surface area (TPSA) is 63.2 Å². The van der Waals surface area contributed by atoms with Gasteiger partial charge in [-0.2, -0.15) is 30.7 Å². The number of nitrogens with one attached hydrogen (secondary N) is 2. The summed E-state index contributed by atoms with van der Waals surface area (Å²) in [5, 5.41) is 4.56. The largest absolute Gasteiger partial charge is 0.461 e. The molecule has 2 aromatic carbocycles. The van der Waals surface area contributed by atoms with Gasteiger partial charge < -0.3 is 15.4 Å². The van der Waals surface area contributed by atoms with Crippen molar-refractivity contribution >= 4 is 17.6 Å². The third-order valence-corrected chi connectivity index (χ3v) is 7.00. The molecule has 220 valence electrons. The maximum atomic E-state index is 14.9. The van der Waals surface area contributed by atoms with Gasteiger partial charge in [0.25, 0.3) is 0 Å². The van der Waals surface area contributed by atoms with Gasteiger partial charge in [0.2, 0.25) is 0 Å². The molecule has 0 radical (unpaired) electrons. The minimum Gasteiger partial charge on any atom is -0.428 e. The molecule has 1 aromatic heterocycles. The van der Waals surface area contributed by atoms with E-state index in [4.69, 9.17) is 11.6 Å². The predicted octanol–water partition coefficient (Wildman–Crippen LogP) is 7.38. The molecule has 1 saturated carbocycles. The zero-order chi connectivity index (χ0) is 30.1. The lowest BCUT2D eigenvalue weighted by Crippen LogP contribution is -2.66. The van der Waals surface area contributed by atoms with E-state index in [1.54, 1.807) is 30.3 Å². The highest BCUT2D eigenvalue weighted by atomic mass is 35.5. The summed E-state index contributed by atoms with van der Waals surface area (Å²) in [4.78, 5) is 17.5. The van der Waals surface area contributed by atoms with E-state index >= 15 is 0 Å². The number of halogens is 9. The van der Waals surface area contributed by atoms with Gasteiger partial charge >= 0.3 is 24.7 Å². The number of hydrogen-bond donors (Lipinski definition) is 2. The van der Waals surface area contributed by atoms with Crippen LogP contribution in [0.1, 0.15) is 36.1 Å². The molecule has 1 atom stereocenters. The van der Waals surface area contributed by atoms with E-state index in [2.05, 4.69) is 15.0 Å². The highest BCUT2D eigenvalue weighted by Crippen LogP contribution is 2.45. The molecule has 14 heteroatoms. The summed E-state index contributed by atoms with van der Waals surface area (Å²) in [5.74, 6) is -2.24. The Balaban J connectivity index is 1.88. The van der Waals surface area contributed by atoms with Gasteiger partial charge in [0.1, 0.15) is 22.6 Å². The maximum Gasteiger partial charge on any atom is 0.461 e. The zero-order valence-corrected chi connectivity index (χ0v) is 21.7. The van der Waals surface area contributed by atoms with Crippen molar-refractivity contribution in [1.82, 2.24) is 15.6 Å². The standard InChI is InChI=1S/C27H22ClF8N3O2/c28-18-7-8-21(37-15-18)25(14-16-5-2-1-3-6-16,39-23(40)38-24(9-4-10-24)27(34,35)36)17-11-19(29)13-20(12-17)41-26(32,33)22(30)31/h1-3,5-8,11-13,15,22H,4,9-10,14H2,(H2,38,39,40). The van der Waals surface area contributed by atoms with Crippen LogP contribution in [0.4, 0.5) is 39.9 Å². The lowest BCUT2D eigenvalue weighted by molar-refractivity contribution is -0.253. The van der Waals surface area contributed by atoms with E-state index in [0.29, 0.717) is 11.6 Å². The van der Waals surface area contributed by atoms with Gasteiger partial charge in [0, 0.05) is 18.7 Å². The van der Waals surface area contributed by atoms with Crippen molar-refractivity contribution in [2.45, 2.75) is 55.5 Å². The SMILES string of the molecule is O=C(NC(Cc1ccccc1)(c1cc(F)cc(OC(F)(F)C(F)F)c1)c1ccc(Cl)cn1)NC1(C(F)(F)F)CCC1. The molecule has 5 nitrogen and oxygen atoms in total. The zero-order valence-electron chi connectivity index (χ0n) is 20.9.